The highest BCUT2D eigenvalue weighted by molar-refractivity contribution is 7.90. The van der Waals surface area contributed by atoms with Crippen molar-refractivity contribution in [1.82, 2.24) is 15.4 Å². The van der Waals surface area contributed by atoms with Gasteiger partial charge in [0, 0.05) is 12.1 Å². The Morgan fingerprint density at radius 2 is 1.81 bits per heavy atom. The first-order valence-corrected chi connectivity index (χ1v) is 10.9. The van der Waals surface area contributed by atoms with Gasteiger partial charge in [-0.15, -0.1) is 0 Å². The molecule has 7 nitrogen and oxygen atoms in total. The molecule has 2 rings (SSSR count). The molecule has 1 aromatic rings. The van der Waals surface area contributed by atoms with Crippen molar-refractivity contribution in [2.24, 2.45) is 5.92 Å². The molecular formula is C19H29N3O4S. The number of benzene rings is 1. The molecule has 1 saturated carbocycles. The number of hydrogen-bond donors (Lipinski definition) is 3. The van der Waals surface area contributed by atoms with E-state index in [-0.39, 0.29) is 17.0 Å². The maximum atomic E-state index is 12.4. The van der Waals surface area contributed by atoms with Crippen LogP contribution in [0, 0.1) is 5.92 Å². The van der Waals surface area contributed by atoms with Crippen molar-refractivity contribution >= 4 is 22.5 Å². The number of urea groups is 1. The van der Waals surface area contributed by atoms with Gasteiger partial charge in [0.1, 0.15) is 0 Å². The zero-order valence-corrected chi connectivity index (χ0v) is 16.7. The fourth-order valence-electron chi connectivity index (χ4n) is 3.31. The lowest BCUT2D eigenvalue weighted by atomic mass is 9.87. The molecule has 1 atom stereocenters. The van der Waals surface area contributed by atoms with Crippen LogP contribution in [0.4, 0.5) is 4.79 Å². The minimum Gasteiger partial charge on any atom is -0.356 e. The quantitative estimate of drug-likeness (QED) is 0.588. The van der Waals surface area contributed by atoms with Gasteiger partial charge in [-0.25, -0.2) is 17.9 Å². The van der Waals surface area contributed by atoms with Gasteiger partial charge in [0.15, 0.2) is 0 Å². The molecule has 0 bridgehead atoms. The summed E-state index contributed by atoms with van der Waals surface area (Å²) in [6.45, 7) is 4.15. The van der Waals surface area contributed by atoms with E-state index < -0.39 is 16.1 Å². The van der Waals surface area contributed by atoms with Crippen molar-refractivity contribution < 1.29 is 18.0 Å². The molecule has 0 saturated heterocycles. The third-order valence-electron chi connectivity index (χ3n) is 5.09. The Kier molecular flexibility index (Phi) is 7.65. The van der Waals surface area contributed by atoms with Crippen LogP contribution in [0.15, 0.2) is 29.2 Å². The first-order valence-electron chi connectivity index (χ1n) is 9.46. The average Bonchev–Trinajstić information content (AvgIpc) is 2.63. The third kappa shape index (κ3) is 6.53. The molecule has 1 fully saturated rings. The fraction of sp³-hybridized carbons (Fsp3) is 0.579. The molecule has 0 spiro atoms. The summed E-state index contributed by atoms with van der Waals surface area (Å²) in [5.74, 6) is 0.655. The standard InChI is InChI=1S/C19H29N3O4S/c1-3-16(20-13-23)12-15-6-10-18(11-7-15)27(25,26)22-19(24)21-17-8-4-14(2)5-9-17/h6-7,10-11,13-14,16-17H,3-5,8-9,12H2,1-2H3,(H,20,23)(H2,21,22,24). The lowest BCUT2D eigenvalue weighted by molar-refractivity contribution is -0.110. The summed E-state index contributed by atoms with van der Waals surface area (Å²) >= 11 is 0. The Morgan fingerprint density at radius 3 is 2.37 bits per heavy atom. The molecule has 27 heavy (non-hydrogen) atoms. The van der Waals surface area contributed by atoms with E-state index in [1.54, 1.807) is 12.1 Å². The first kappa shape index (κ1) is 21.2. The smallest absolute Gasteiger partial charge is 0.328 e. The van der Waals surface area contributed by atoms with E-state index in [2.05, 4.69) is 22.3 Å². The Labute approximate surface area is 161 Å². The van der Waals surface area contributed by atoms with E-state index in [1.807, 2.05) is 6.92 Å². The van der Waals surface area contributed by atoms with Crippen LogP contribution in [0.3, 0.4) is 0 Å². The van der Waals surface area contributed by atoms with Crippen LogP contribution in [0.25, 0.3) is 0 Å². The van der Waals surface area contributed by atoms with Crippen molar-refractivity contribution in [3.63, 3.8) is 0 Å². The molecule has 3 amide bonds. The van der Waals surface area contributed by atoms with E-state index in [4.69, 9.17) is 0 Å². The molecule has 1 aliphatic carbocycles. The van der Waals surface area contributed by atoms with Crippen molar-refractivity contribution in [1.29, 1.82) is 0 Å². The predicted octanol–water partition coefficient (Wildman–Crippen LogP) is 2.32. The van der Waals surface area contributed by atoms with Gasteiger partial charge >= 0.3 is 6.03 Å². The highest BCUT2D eigenvalue weighted by Crippen LogP contribution is 2.23. The minimum absolute atomic E-state index is 0.00655. The third-order valence-corrected chi connectivity index (χ3v) is 6.44. The Bertz CT molecular complexity index is 726. The lowest BCUT2D eigenvalue weighted by Gasteiger charge is -2.26. The number of hydrogen-bond acceptors (Lipinski definition) is 4. The summed E-state index contributed by atoms with van der Waals surface area (Å²) in [6.07, 6.45) is 5.88. The first-order chi connectivity index (χ1) is 12.8. The van der Waals surface area contributed by atoms with Crippen LogP contribution >= 0.6 is 0 Å². The number of nitrogens with one attached hydrogen (secondary N) is 3. The van der Waals surface area contributed by atoms with Crippen molar-refractivity contribution in [2.45, 2.75) is 69.4 Å². The van der Waals surface area contributed by atoms with Gasteiger partial charge in [-0.1, -0.05) is 26.0 Å². The monoisotopic (exact) mass is 395 g/mol. The number of sulfonamides is 1. The molecule has 1 aromatic carbocycles. The molecule has 0 heterocycles. The zero-order chi connectivity index (χ0) is 19.9. The summed E-state index contributed by atoms with van der Waals surface area (Å²) in [5.41, 5.74) is 0.913. The van der Waals surface area contributed by atoms with Gasteiger partial charge in [-0.05, 0) is 62.1 Å². The lowest BCUT2D eigenvalue weighted by Crippen LogP contribution is -2.45. The molecule has 0 aromatic heterocycles. The van der Waals surface area contributed by atoms with Gasteiger partial charge < -0.3 is 10.6 Å². The van der Waals surface area contributed by atoms with Crippen molar-refractivity contribution in [2.75, 3.05) is 0 Å². The Morgan fingerprint density at radius 1 is 1.19 bits per heavy atom. The summed E-state index contributed by atoms with van der Waals surface area (Å²) in [7, 11) is -3.92. The van der Waals surface area contributed by atoms with Crippen LogP contribution in [-0.2, 0) is 21.2 Å². The fourth-order valence-corrected chi connectivity index (χ4v) is 4.22. The second-order valence-corrected chi connectivity index (χ2v) is 8.96. The normalized spacial score (nSPS) is 21.1. The van der Waals surface area contributed by atoms with E-state index in [0.717, 1.165) is 37.7 Å². The molecule has 8 heteroatoms. The Hall–Kier alpha value is -2.09. The molecular weight excluding hydrogens is 366 g/mol. The highest BCUT2D eigenvalue weighted by Gasteiger charge is 2.23. The molecule has 3 N–H and O–H groups in total. The summed E-state index contributed by atoms with van der Waals surface area (Å²) < 4.78 is 26.9. The number of amides is 3. The second-order valence-electron chi connectivity index (χ2n) is 7.27. The topological polar surface area (TPSA) is 104 Å². The van der Waals surface area contributed by atoms with Crippen LogP contribution in [-0.4, -0.2) is 32.9 Å². The van der Waals surface area contributed by atoms with Gasteiger partial charge in [-0.3, -0.25) is 4.79 Å². The number of carbonyl (C=O) groups is 2. The Balaban J connectivity index is 1.93. The highest BCUT2D eigenvalue weighted by atomic mass is 32.2. The van der Waals surface area contributed by atoms with E-state index in [0.29, 0.717) is 18.7 Å². The van der Waals surface area contributed by atoms with Gasteiger partial charge in [0.2, 0.25) is 6.41 Å². The molecule has 0 aliphatic heterocycles. The van der Waals surface area contributed by atoms with Gasteiger partial charge in [-0.2, -0.15) is 0 Å². The van der Waals surface area contributed by atoms with Crippen molar-refractivity contribution in [3.8, 4) is 0 Å². The summed E-state index contributed by atoms with van der Waals surface area (Å²) in [5, 5.41) is 5.48. The number of rotatable bonds is 8. The molecule has 0 radical (unpaired) electrons. The SMILES string of the molecule is CCC(Cc1ccc(S(=O)(=O)NC(=O)NC2CCC(C)CC2)cc1)NC=O. The van der Waals surface area contributed by atoms with Gasteiger partial charge in [0.05, 0.1) is 4.90 Å². The maximum Gasteiger partial charge on any atom is 0.328 e. The van der Waals surface area contributed by atoms with Crippen molar-refractivity contribution in [3.05, 3.63) is 29.8 Å². The maximum absolute atomic E-state index is 12.4. The predicted molar refractivity (Wildman–Crippen MR) is 104 cm³/mol. The number of carbonyl (C=O) groups excluding carboxylic acids is 2. The summed E-state index contributed by atoms with van der Waals surface area (Å²) in [4.78, 5) is 22.7. The van der Waals surface area contributed by atoms with Crippen LogP contribution in [0.5, 0.6) is 0 Å². The second kappa shape index (κ2) is 9.73. The molecule has 1 unspecified atom stereocenters. The van der Waals surface area contributed by atoms with E-state index in [1.165, 1.54) is 12.1 Å². The summed E-state index contributed by atoms with van der Waals surface area (Å²) in [6, 6.07) is 5.69. The van der Waals surface area contributed by atoms with Crippen LogP contribution in [0.1, 0.15) is 51.5 Å². The largest absolute Gasteiger partial charge is 0.356 e. The minimum atomic E-state index is -3.92. The van der Waals surface area contributed by atoms with Crippen LogP contribution < -0.4 is 15.4 Å². The zero-order valence-electron chi connectivity index (χ0n) is 15.9. The molecule has 1 aliphatic rings. The molecule has 150 valence electrons. The average molecular weight is 396 g/mol. The van der Waals surface area contributed by atoms with E-state index >= 15 is 0 Å². The van der Waals surface area contributed by atoms with E-state index in [9.17, 15) is 18.0 Å². The van der Waals surface area contributed by atoms with Gasteiger partial charge in [0.25, 0.3) is 10.0 Å². The van der Waals surface area contributed by atoms with Crippen LogP contribution in [0.2, 0.25) is 0 Å².